The van der Waals surface area contributed by atoms with Crippen molar-refractivity contribution in [2.75, 3.05) is 11.5 Å². The first kappa shape index (κ1) is 33.5. The number of aryl methyl sites for hydroxylation is 2. The highest BCUT2D eigenvalue weighted by Gasteiger charge is 2.37. The van der Waals surface area contributed by atoms with Crippen molar-refractivity contribution in [1.29, 1.82) is 0 Å². The fourth-order valence-corrected chi connectivity index (χ4v) is 11.5. The predicted molar refractivity (Wildman–Crippen MR) is 170 cm³/mol. The molecule has 4 aliphatic rings. The van der Waals surface area contributed by atoms with Crippen molar-refractivity contribution in [3.63, 3.8) is 0 Å². The molecule has 2 fully saturated rings. The van der Waals surface area contributed by atoms with Gasteiger partial charge in [-0.2, -0.15) is 0 Å². The summed E-state index contributed by atoms with van der Waals surface area (Å²) in [6.07, 6.45) is 21.1. The molecule has 12 heteroatoms. The Balaban J connectivity index is 0.000000175. The lowest BCUT2D eigenvalue weighted by molar-refractivity contribution is 0.341. The third-order valence-corrected chi connectivity index (χ3v) is 14.2. The molecule has 44 heavy (non-hydrogen) atoms. The van der Waals surface area contributed by atoms with Gasteiger partial charge in [-0.3, -0.25) is 9.78 Å². The number of nitrogens with one attached hydrogen (secondary N) is 1. The summed E-state index contributed by atoms with van der Waals surface area (Å²) in [5.41, 5.74) is 0. The molecule has 10 nitrogen and oxygen atoms in total. The second kappa shape index (κ2) is 15.2. The summed E-state index contributed by atoms with van der Waals surface area (Å²) in [6, 6.07) is 0. The van der Waals surface area contributed by atoms with Crippen LogP contribution in [0, 0.1) is 35.5 Å². The Labute approximate surface area is 264 Å². The molecule has 2 aromatic rings. The normalized spacial score (nSPS) is 32.5. The van der Waals surface area contributed by atoms with Gasteiger partial charge in [0.1, 0.15) is 12.2 Å². The molecular weight excluding hydrogens is 597 g/mol. The van der Waals surface area contributed by atoms with Crippen LogP contribution in [0.25, 0.3) is 0 Å². The van der Waals surface area contributed by atoms with Gasteiger partial charge in [0, 0.05) is 13.0 Å². The van der Waals surface area contributed by atoms with Gasteiger partial charge in [-0.05, 0) is 74.0 Å². The van der Waals surface area contributed by atoms with Gasteiger partial charge in [0.2, 0.25) is 19.7 Å². The second-order valence-corrected chi connectivity index (χ2v) is 18.0. The van der Waals surface area contributed by atoms with Crippen LogP contribution >= 0.6 is 0 Å². The molecule has 0 spiro atoms. The lowest BCUT2D eigenvalue weighted by Gasteiger charge is -2.17. The van der Waals surface area contributed by atoms with E-state index in [1.807, 2.05) is 0 Å². The lowest BCUT2D eigenvalue weighted by Crippen LogP contribution is -2.16. The minimum absolute atomic E-state index is 0.0102. The number of aromatic amines is 1. The molecule has 1 N–H and O–H groups in total. The number of hydrogen-bond donors (Lipinski definition) is 1. The molecule has 0 amide bonds. The van der Waals surface area contributed by atoms with E-state index in [0.29, 0.717) is 17.7 Å². The van der Waals surface area contributed by atoms with Crippen LogP contribution < -0.4 is 0 Å². The zero-order valence-electron chi connectivity index (χ0n) is 26.9. The zero-order chi connectivity index (χ0) is 31.2. The van der Waals surface area contributed by atoms with E-state index >= 15 is 0 Å². The van der Waals surface area contributed by atoms with E-state index < -0.39 is 19.7 Å². The Hall–Kier alpha value is -1.82. The standard InChI is InChI=1S/2C16H27N3O2S/c1-2-14-9-13-10-15(14)7-5-3-4-6-8-19-12-17-16(18-19)22(20,21)11-13;1-2-13-9-12-10-14(13)7-5-3-4-6-8-15-17-16(19-18-15)22(20,21)11-12/h12-15H,2-11H2,1H3;12-14H,2-11H2,1H3,(H,17,18,19). The maximum Gasteiger partial charge on any atom is 0.266 e. The van der Waals surface area contributed by atoms with Crippen LogP contribution in [0.3, 0.4) is 0 Å². The van der Waals surface area contributed by atoms with Crippen molar-refractivity contribution in [3.05, 3.63) is 12.2 Å². The topological polar surface area (TPSA) is 141 Å². The first-order valence-corrected chi connectivity index (χ1v) is 20.7. The van der Waals surface area contributed by atoms with Gasteiger partial charge < -0.3 is 0 Å². The van der Waals surface area contributed by atoms with Gasteiger partial charge in [0.05, 0.1) is 11.5 Å². The highest BCUT2D eigenvalue weighted by atomic mass is 32.2. The van der Waals surface area contributed by atoms with Gasteiger partial charge in [0.15, 0.2) is 0 Å². The van der Waals surface area contributed by atoms with Gasteiger partial charge in [0.25, 0.3) is 10.3 Å². The highest BCUT2D eigenvalue weighted by Crippen LogP contribution is 2.43. The molecule has 0 aromatic carbocycles. The third kappa shape index (κ3) is 8.70. The SMILES string of the molecule is CCC1CC2CC1CCCCCCc1nc(n[nH]1)S(=O)(=O)C2.CCC1CC2CC1CCCCCCn1cnc(n1)S(=O)(=O)C2. The Morgan fingerprint density at radius 2 is 1.32 bits per heavy atom. The molecule has 2 aromatic heterocycles. The summed E-state index contributed by atoms with van der Waals surface area (Å²) < 4.78 is 51.8. The van der Waals surface area contributed by atoms with E-state index in [1.54, 1.807) is 11.0 Å². The summed E-state index contributed by atoms with van der Waals surface area (Å²) in [5, 5.41) is 11.0. The van der Waals surface area contributed by atoms with Gasteiger partial charge in [-0.25, -0.2) is 26.8 Å². The van der Waals surface area contributed by atoms with E-state index in [1.165, 1.54) is 64.2 Å². The summed E-state index contributed by atoms with van der Waals surface area (Å²) in [5.74, 6) is 4.57. The average Bonchev–Trinajstić information content (AvgIpc) is 3.78. The van der Waals surface area contributed by atoms with E-state index in [2.05, 4.69) is 39.1 Å². The average molecular weight is 651 g/mol. The Kier molecular flexibility index (Phi) is 11.6. The van der Waals surface area contributed by atoms with E-state index in [9.17, 15) is 16.8 Å². The van der Waals surface area contributed by atoms with Crippen molar-refractivity contribution in [2.24, 2.45) is 35.5 Å². The number of nitrogens with zero attached hydrogens (tertiary/aromatic N) is 5. The van der Waals surface area contributed by atoms with Crippen LogP contribution in [0.1, 0.15) is 122 Å². The first-order chi connectivity index (χ1) is 21.2. The Morgan fingerprint density at radius 1 is 0.750 bits per heavy atom. The smallest absolute Gasteiger partial charge is 0.262 e. The maximum absolute atomic E-state index is 12.5. The van der Waals surface area contributed by atoms with Crippen molar-refractivity contribution < 1.29 is 16.8 Å². The van der Waals surface area contributed by atoms with Gasteiger partial charge >= 0.3 is 0 Å². The number of aromatic nitrogens is 6. The summed E-state index contributed by atoms with van der Waals surface area (Å²) in [6.45, 7) is 5.25. The molecule has 6 atom stereocenters. The molecule has 6 rings (SSSR count). The fraction of sp³-hybridized carbons (Fsp3) is 0.875. The molecule has 0 saturated heterocycles. The van der Waals surface area contributed by atoms with Crippen LogP contribution in [-0.2, 0) is 32.6 Å². The molecule has 2 saturated carbocycles. The van der Waals surface area contributed by atoms with Gasteiger partial charge in [-0.15, -0.1) is 10.2 Å². The van der Waals surface area contributed by atoms with E-state index in [0.717, 1.165) is 63.3 Å². The predicted octanol–water partition coefficient (Wildman–Crippen LogP) is 6.21. The number of rotatable bonds is 2. The summed E-state index contributed by atoms with van der Waals surface area (Å²) in [7, 11) is -6.68. The fourth-order valence-electron chi connectivity index (χ4n) is 8.57. The Morgan fingerprint density at radius 3 is 1.93 bits per heavy atom. The maximum atomic E-state index is 12.5. The number of sulfone groups is 2. The molecule has 6 unspecified atom stereocenters. The molecule has 248 valence electrons. The zero-order valence-corrected chi connectivity index (χ0v) is 28.5. The molecule has 8 bridgehead atoms. The monoisotopic (exact) mass is 650 g/mol. The minimum Gasteiger partial charge on any atom is -0.262 e. The highest BCUT2D eigenvalue weighted by molar-refractivity contribution is 7.91. The quantitative estimate of drug-likeness (QED) is 0.405. The van der Waals surface area contributed by atoms with Gasteiger partial charge in [-0.1, -0.05) is 78.1 Å². The largest absolute Gasteiger partial charge is 0.266 e. The van der Waals surface area contributed by atoms with E-state index in [4.69, 9.17) is 0 Å². The molecule has 4 heterocycles. The van der Waals surface area contributed by atoms with Crippen LogP contribution in [0.5, 0.6) is 0 Å². The molecule has 2 aliphatic heterocycles. The summed E-state index contributed by atoms with van der Waals surface area (Å²) in [4.78, 5) is 8.26. The lowest BCUT2D eigenvalue weighted by atomic mass is 9.89. The van der Waals surface area contributed by atoms with Crippen LogP contribution in [0.2, 0.25) is 0 Å². The minimum atomic E-state index is -3.35. The van der Waals surface area contributed by atoms with E-state index in [-0.39, 0.29) is 33.7 Å². The van der Waals surface area contributed by atoms with Crippen LogP contribution in [0.15, 0.2) is 16.6 Å². The number of hydrogen-bond acceptors (Lipinski definition) is 8. The molecule has 2 aliphatic carbocycles. The molecule has 0 radical (unpaired) electrons. The van der Waals surface area contributed by atoms with Crippen LogP contribution in [-0.4, -0.2) is 58.3 Å². The molecular formula is C32H54N6O4S2. The second-order valence-electron chi connectivity index (χ2n) is 14.1. The number of fused-ring (bicyclic) bond motifs is 8. The van der Waals surface area contributed by atoms with Crippen molar-refractivity contribution >= 4 is 19.7 Å². The Bertz CT molecular complexity index is 1300. The first-order valence-electron chi connectivity index (χ1n) is 17.4. The van der Waals surface area contributed by atoms with Crippen molar-refractivity contribution in [3.8, 4) is 0 Å². The number of H-pyrrole nitrogens is 1. The summed E-state index contributed by atoms with van der Waals surface area (Å²) >= 11 is 0. The van der Waals surface area contributed by atoms with Crippen LogP contribution in [0.4, 0.5) is 0 Å². The van der Waals surface area contributed by atoms with Crippen molar-refractivity contribution in [1.82, 2.24) is 29.9 Å². The van der Waals surface area contributed by atoms with Crippen molar-refractivity contribution in [2.45, 2.75) is 140 Å². The third-order valence-electron chi connectivity index (χ3n) is 10.9.